The number of guanidine groups is 1. The van der Waals surface area contributed by atoms with Gasteiger partial charge in [-0.2, -0.15) is 0 Å². The molecule has 0 aliphatic heterocycles. The van der Waals surface area contributed by atoms with Crippen molar-refractivity contribution in [3.63, 3.8) is 0 Å². The lowest BCUT2D eigenvalue weighted by Crippen LogP contribution is -2.48. The number of carbonyl (C=O) groups excluding carboxylic acids is 1. The first-order chi connectivity index (χ1) is 10.9. The summed E-state index contributed by atoms with van der Waals surface area (Å²) in [5.41, 5.74) is 0.911. The zero-order chi connectivity index (χ0) is 18.5. The fourth-order valence-corrected chi connectivity index (χ4v) is 2.98. The molecule has 2 N–H and O–H groups in total. The Hall–Kier alpha value is -0.900. The molecule has 144 valence electrons. The van der Waals surface area contributed by atoms with Crippen LogP contribution >= 0.6 is 35.3 Å². The molecule has 1 rings (SSSR count). The molecule has 0 aliphatic carbocycles. The number of halogens is 1. The first-order valence-corrected chi connectivity index (χ1v) is 8.98. The van der Waals surface area contributed by atoms with E-state index in [2.05, 4.69) is 46.8 Å². The second-order valence-electron chi connectivity index (χ2n) is 7.93. The predicted octanol–water partition coefficient (Wildman–Crippen LogP) is 2.98. The normalized spacial score (nSPS) is 12.4. The Morgan fingerprint density at radius 3 is 2.32 bits per heavy atom. The summed E-state index contributed by atoms with van der Waals surface area (Å²) in [5.74, 6) is 0.642. The van der Waals surface area contributed by atoms with Crippen molar-refractivity contribution in [2.45, 2.75) is 59.0 Å². The van der Waals surface area contributed by atoms with E-state index in [-0.39, 0.29) is 47.4 Å². The standard InChI is InChI=1S/C17H31N5OS.HI/c1-16(2,3)12-11-24-14(20-12)9-19-15(18-7)22(8)10-13(23)21-17(4,5)6;/h11H,9-10H2,1-8H3,(H,18,19)(H,21,23);1H. The number of thiazole rings is 1. The molecule has 0 saturated carbocycles. The van der Waals surface area contributed by atoms with E-state index in [0.29, 0.717) is 12.5 Å². The maximum absolute atomic E-state index is 12.0. The summed E-state index contributed by atoms with van der Waals surface area (Å²) < 4.78 is 0. The van der Waals surface area contributed by atoms with Gasteiger partial charge in [-0.15, -0.1) is 35.3 Å². The minimum absolute atomic E-state index is 0. The van der Waals surface area contributed by atoms with Crippen LogP contribution in [0.2, 0.25) is 0 Å². The number of nitrogens with one attached hydrogen (secondary N) is 2. The Morgan fingerprint density at radius 2 is 1.88 bits per heavy atom. The third-order valence-electron chi connectivity index (χ3n) is 3.19. The van der Waals surface area contributed by atoms with Crippen molar-refractivity contribution in [1.82, 2.24) is 20.5 Å². The van der Waals surface area contributed by atoms with Crippen LogP contribution in [0, 0.1) is 0 Å². The monoisotopic (exact) mass is 481 g/mol. The van der Waals surface area contributed by atoms with Gasteiger partial charge in [0.2, 0.25) is 5.91 Å². The molecule has 0 aliphatic rings. The van der Waals surface area contributed by atoms with E-state index < -0.39 is 0 Å². The molecule has 6 nitrogen and oxygen atoms in total. The summed E-state index contributed by atoms with van der Waals surface area (Å²) in [5, 5.41) is 9.32. The number of carbonyl (C=O) groups is 1. The lowest BCUT2D eigenvalue weighted by atomic mass is 9.93. The van der Waals surface area contributed by atoms with Crippen molar-refractivity contribution in [2.24, 2.45) is 4.99 Å². The van der Waals surface area contributed by atoms with E-state index in [1.807, 2.05) is 27.8 Å². The number of likely N-dealkylation sites (N-methyl/N-ethyl adjacent to an activating group) is 1. The number of nitrogens with zero attached hydrogens (tertiary/aromatic N) is 3. The molecule has 8 heteroatoms. The zero-order valence-electron chi connectivity index (χ0n) is 16.6. The van der Waals surface area contributed by atoms with Gasteiger partial charge in [-0.05, 0) is 20.8 Å². The first-order valence-electron chi connectivity index (χ1n) is 8.10. The van der Waals surface area contributed by atoms with E-state index >= 15 is 0 Å². The number of rotatable bonds is 4. The van der Waals surface area contributed by atoms with E-state index in [0.717, 1.165) is 10.7 Å². The van der Waals surface area contributed by atoms with Crippen LogP contribution in [0.4, 0.5) is 0 Å². The molecule has 1 heterocycles. The van der Waals surface area contributed by atoms with Gasteiger partial charge < -0.3 is 15.5 Å². The van der Waals surface area contributed by atoms with Crippen molar-refractivity contribution in [3.05, 3.63) is 16.1 Å². The van der Waals surface area contributed by atoms with E-state index in [1.54, 1.807) is 23.3 Å². The SMILES string of the molecule is CN=C(NCc1nc(C(C)(C)C)cs1)N(C)CC(=O)NC(C)(C)C.I. The maximum atomic E-state index is 12.0. The minimum atomic E-state index is -0.237. The predicted molar refractivity (Wildman–Crippen MR) is 117 cm³/mol. The second kappa shape index (κ2) is 9.70. The highest BCUT2D eigenvalue weighted by atomic mass is 127. The van der Waals surface area contributed by atoms with Crippen LogP contribution in [0.25, 0.3) is 0 Å². The molecule has 25 heavy (non-hydrogen) atoms. The Labute approximate surface area is 172 Å². The molecule has 0 spiro atoms. The highest BCUT2D eigenvalue weighted by Gasteiger charge is 2.19. The average molecular weight is 481 g/mol. The number of aromatic nitrogens is 1. The van der Waals surface area contributed by atoms with Crippen molar-refractivity contribution in [2.75, 3.05) is 20.6 Å². The molecular weight excluding hydrogens is 449 g/mol. The number of hydrogen-bond donors (Lipinski definition) is 2. The van der Waals surface area contributed by atoms with E-state index in [4.69, 9.17) is 0 Å². The van der Waals surface area contributed by atoms with Crippen LogP contribution in [-0.2, 0) is 16.8 Å². The van der Waals surface area contributed by atoms with Crippen molar-refractivity contribution in [3.8, 4) is 0 Å². The highest BCUT2D eigenvalue weighted by molar-refractivity contribution is 14.0. The smallest absolute Gasteiger partial charge is 0.240 e. The average Bonchev–Trinajstić information content (AvgIpc) is 2.85. The summed E-state index contributed by atoms with van der Waals surface area (Å²) in [6, 6.07) is 0. The van der Waals surface area contributed by atoms with Gasteiger partial charge in [0.25, 0.3) is 0 Å². The third-order valence-corrected chi connectivity index (χ3v) is 4.04. The van der Waals surface area contributed by atoms with Gasteiger partial charge in [0, 0.05) is 30.4 Å². The molecule has 1 aromatic rings. The summed E-state index contributed by atoms with van der Waals surface area (Å²) in [6.45, 7) is 13.2. The van der Waals surface area contributed by atoms with Gasteiger partial charge in [0.1, 0.15) is 5.01 Å². The molecule has 0 radical (unpaired) electrons. The van der Waals surface area contributed by atoms with Gasteiger partial charge in [0.05, 0.1) is 18.8 Å². The maximum Gasteiger partial charge on any atom is 0.240 e. The third kappa shape index (κ3) is 8.84. The quantitative estimate of drug-likeness (QED) is 0.394. The van der Waals surface area contributed by atoms with Crippen LogP contribution in [0.5, 0.6) is 0 Å². The van der Waals surface area contributed by atoms with Crippen LogP contribution in [0.1, 0.15) is 52.2 Å². The lowest BCUT2D eigenvalue weighted by Gasteiger charge is -2.25. The first kappa shape index (κ1) is 24.1. The fraction of sp³-hybridized carbons (Fsp3) is 0.706. The largest absolute Gasteiger partial charge is 0.350 e. The topological polar surface area (TPSA) is 69.6 Å². The number of aliphatic imine (C=N–C) groups is 1. The van der Waals surface area contributed by atoms with E-state index in [9.17, 15) is 4.79 Å². The Bertz CT molecular complexity index is 587. The summed E-state index contributed by atoms with van der Waals surface area (Å²) in [4.78, 5) is 22.7. The van der Waals surface area contributed by atoms with Gasteiger partial charge in [-0.25, -0.2) is 4.98 Å². The molecule has 0 aromatic carbocycles. The van der Waals surface area contributed by atoms with Gasteiger partial charge >= 0.3 is 0 Å². The van der Waals surface area contributed by atoms with Crippen LogP contribution < -0.4 is 10.6 Å². The van der Waals surface area contributed by atoms with Crippen LogP contribution in [0.3, 0.4) is 0 Å². The Morgan fingerprint density at radius 1 is 1.28 bits per heavy atom. The van der Waals surface area contributed by atoms with Crippen molar-refractivity contribution < 1.29 is 4.79 Å². The molecule has 0 unspecified atom stereocenters. The molecule has 0 atom stereocenters. The second-order valence-corrected chi connectivity index (χ2v) is 8.87. The van der Waals surface area contributed by atoms with E-state index in [1.165, 1.54) is 0 Å². The summed E-state index contributed by atoms with van der Waals surface area (Å²) >= 11 is 1.64. The molecule has 0 saturated heterocycles. The highest BCUT2D eigenvalue weighted by Crippen LogP contribution is 2.23. The number of amides is 1. The van der Waals surface area contributed by atoms with Crippen molar-refractivity contribution >= 4 is 47.2 Å². The molecule has 0 fully saturated rings. The zero-order valence-corrected chi connectivity index (χ0v) is 19.7. The molecule has 1 aromatic heterocycles. The molecule has 0 bridgehead atoms. The number of hydrogen-bond acceptors (Lipinski definition) is 4. The molecule has 1 amide bonds. The molecular formula is C17H32IN5OS. The van der Waals surface area contributed by atoms with Crippen LogP contribution in [-0.4, -0.2) is 47.9 Å². The summed E-state index contributed by atoms with van der Waals surface area (Å²) in [7, 11) is 3.56. The Balaban J connectivity index is 0.00000576. The van der Waals surface area contributed by atoms with Gasteiger partial charge in [0.15, 0.2) is 5.96 Å². The lowest BCUT2D eigenvalue weighted by molar-refractivity contribution is -0.122. The Kier molecular flexibility index (Phi) is 9.35. The summed E-state index contributed by atoms with van der Waals surface area (Å²) in [6.07, 6.45) is 0. The minimum Gasteiger partial charge on any atom is -0.350 e. The van der Waals surface area contributed by atoms with Gasteiger partial charge in [-0.3, -0.25) is 9.79 Å². The van der Waals surface area contributed by atoms with Crippen molar-refractivity contribution in [1.29, 1.82) is 0 Å². The fourth-order valence-electron chi connectivity index (χ4n) is 2.02. The van der Waals surface area contributed by atoms with Crippen LogP contribution in [0.15, 0.2) is 10.4 Å². The van der Waals surface area contributed by atoms with Gasteiger partial charge in [-0.1, -0.05) is 20.8 Å².